The van der Waals surface area contributed by atoms with Crippen LogP contribution in [0.4, 0.5) is 0 Å². The van der Waals surface area contributed by atoms with Gasteiger partial charge < -0.3 is 5.73 Å². The Bertz CT molecular complexity index is 482. The van der Waals surface area contributed by atoms with Crippen molar-refractivity contribution < 1.29 is 0 Å². The minimum absolute atomic E-state index is 0.587. The van der Waals surface area contributed by atoms with Crippen LogP contribution in [0.5, 0.6) is 0 Å². The number of hydrogen-bond acceptors (Lipinski definition) is 2. The van der Waals surface area contributed by atoms with Gasteiger partial charge in [-0.15, -0.1) is 11.8 Å². The van der Waals surface area contributed by atoms with Gasteiger partial charge in [-0.3, -0.25) is 0 Å². The minimum atomic E-state index is 0.587. The molecular formula is C14H14ClNS. The molecule has 0 radical (unpaired) electrons. The molecule has 0 bridgehead atoms. The average molecular weight is 264 g/mol. The second kappa shape index (κ2) is 6.10. The Morgan fingerprint density at radius 3 is 2.41 bits per heavy atom. The Hall–Kier alpha value is -0.960. The van der Waals surface area contributed by atoms with E-state index in [4.69, 9.17) is 17.3 Å². The molecule has 0 amide bonds. The Kier molecular flexibility index (Phi) is 4.49. The van der Waals surface area contributed by atoms with Gasteiger partial charge in [-0.05, 0) is 29.3 Å². The van der Waals surface area contributed by atoms with Crippen LogP contribution < -0.4 is 5.73 Å². The lowest BCUT2D eigenvalue weighted by molar-refractivity contribution is 1.03. The first kappa shape index (κ1) is 12.5. The summed E-state index contributed by atoms with van der Waals surface area (Å²) < 4.78 is 0. The summed E-state index contributed by atoms with van der Waals surface area (Å²) in [7, 11) is 0. The smallest absolute Gasteiger partial charge is 0.0406 e. The van der Waals surface area contributed by atoms with Crippen molar-refractivity contribution in [3.05, 3.63) is 64.7 Å². The third-order valence-corrected chi connectivity index (χ3v) is 3.94. The van der Waals surface area contributed by atoms with E-state index in [1.165, 1.54) is 16.0 Å². The lowest BCUT2D eigenvalue weighted by Crippen LogP contribution is -1.97. The number of halogens is 1. The molecule has 0 fully saturated rings. The second-order valence-electron chi connectivity index (χ2n) is 3.73. The normalized spacial score (nSPS) is 10.5. The van der Waals surface area contributed by atoms with Gasteiger partial charge >= 0.3 is 0 Å². The van der Waals surface area contributed by atoms with Crippen LogP contribution in [0.2, 0.25) is 5.02 Å². The largest absolute Gasteiger partial charge is 0.326 e. The van der Waals surface area contributed by atoms with Crippen molar-refractivity contribution in [1.82, 2.24) is 0 Å². The molecule has 2 rings (SSSR count). The Labute approximate surface area is 111 Å². The first-order chi connectivity index (χ1) is 8.29. The number of benzene rings is 2. The van der Waals surface area contributed by atoms with Crippen molar-refractivity contribution in [3.63, 3.8) is 0 Å². The molecule has 2 aromatic rings. The van der Waals surface area contributed by atoms with Gasteiger partial charge in [0, 0.05) is 22.2 Å². The molecule has 1 nitrogen and oxygen atoms in total. The van der Waals surface area contributed by atoms with Crippen LogP contribution in [0.15, 0.2) is 53.4 Å². The molecule has 88 valence electrons. The monoisotopic (exact) mass is 263 g/mol. The van der Waals surface area contributed by atoms with Crippen molar-refractivity contribution in [2.45, 2.75) is 17.2 Å². The summed E-state index contributed by atoms with van der Waals surface area (Å²) in [6.45, 7) is 0.587. The van der Waals surface area contributed by atoms with E-state index in [0.717, 1.165) is 10.8 Å². The van der Waals surface area contributed by atoms with E-state index >= 15 is 0 Å². The maximum absolute atomic E-state index is 5.85. The summed E-state index contributed by atoms with van der Waals surface area (Å²) in [4.78, 5) is 1.25. The third-order valence-electron chi connectivity index (χ3n) is 2.50. The summed E-state index contributed by atoms with van der Waals surface area (Å²) in [5.74, 6) is 0.939. The van der Waals surface area contributed by atoms with Crippen molar-refractivity contribution in [2.24, 2.45) is 5.73 Å². The van der Waals surface area contributed by atoms with Crippen molar-refractivity contribution in [2.75, 3.05) is 0 Å². The maximum Gasteiger partial charge on any atom is 0.0406 e. The Morgan fingerprint density at radius 1 is 1.00 bits per heavy atom. The standard InChI is InChI=1S/C14H14ClNS/c15-13-7-5-11(6-8-13)10-17-14-4-2-1-3-12(14)9-16/h1-8H,9-10,16H2. The molecule has 0 aromatic heterocycles. The molecule has 17 heavy (non-hydrogen) atoms. The van der Waals surface area contributed by atoms with E-state index in [1.807, 2.05) is 36.0 Å². The number of nitrogens with two attached hydrogens (primary N) is 1. The van der Waals surface area contributed by atoms with Crippen molar-refractivity contribution in [1.29, 1.82) is 0 Å². The maximum atomic E-state index is 5.85. The van der Waals surface area contributed by atoms with Gasteiger partial charge in [0.2, 0.25) is 0 Å². The predicted molar refractivity (Wildman–Crippen MR) is 75.3 cm³/mol. The average Bonchev–Trinajstić information content (AvgIpc) is 2.38. The summed E-state index contributed by atoms with van der Waals surface area (Å²) in [5.41, 5.74) is 8.18. The molecular weight excluding hydrogens is 250 g/mol. The minimum Gasteiger partial charge on any atom is -0.326 e. The fourth-order valence-electron chi connectivity index (χ4n) is 1.55. The molecule has 0 aliphatic carbocycles. The molecule has 3 heteroatoms. The van der Waals surface area contributed by atoms with Gasteiger partial charge in [0.25, 0.3) is 0 Å². The van der Waals surface area contributed by atoms with Crippen LogP contribution in [-0.4, -0.2) is 0 Å². The first-order valence-electron chi connectivity index (χ1n) is 5.45. The van der Waals surface area contributed by atoms with Crippen molar-refractivity contribution in [3.8, 4) is 0 Å². The van der Waals surface area contributed by atoms with Gasteiger partial charge in [0.1, 0.15) is 0 Å². The van der Waals surface area contributed by atoms with Gasteiger partial charge in [-0.2, -0.15) is 0 Å². The summed E-state index contributed by atoms with van der Waals surface area (Å²) in [6, 6.07) is 16.2. The second-order valence-corrected chi connectivity index (χ2v) is 5.18. The van der Waals surface area contributed by atoms with Crippen LogP contribution in [0.3, 0.4) is 0 Å². The van der Waals surface area contributed by atoms with Crippen LogP contribution in [0.1, 0.15) is 11.1 Å². The van der Waals surface area contributed by atoms with E-state index in [1.54, 1.807) is 0 Å². The van der Waals surface area contributed by atoms with E-state index in [9.17, 15) is 0 Å². The van der Waals surface area contributed by atoms with Crippen LogP contribution >= 0.6 is 23.4 Å². The van der Waals surface area contributed by atoms with Gasteiger partial charge in [-0.25, -0.2) is 0 Å². The predicted octanol–water partition coefficient (Wildman–Crippen LogP) is 4.09. The molecule has 0 atom stereocenters. The fourth-order valence-corrected chi connectivity index (χ4v) is 2.71. The van der Waals surface area contributed by atoms with Crippen LogP contribution in [0.25, 0.3) is 0 Å². The van der Waals surface area contributed by atoms with E-state index in [2.05, 4.69) is 24.3 Å². The highest BCUT2D eigenvalue weighted by Gasteiger charge is 2.01. The molecule has 0 heterocycles. The number of rotatable bonds is 4. The molecule has 2 N–H and O–H groups in total. The number of hydrogen-bond donors (Lipinski definition) is 1. The third kappa shape index (κ3) is 3.50. The molecule has 0 saturated heterocycles. The molecule has 0 spiro atoms. The summed E-state index contributed by atoms with van der Waals surface area (Å²) >= 11 is 7.66. The highest BCUT2D eigenvalue weighted by atomic mass is 35.5. The zero-order chi connectivity index (χ0) is 12.1. The van der Waals surface area contributed by atoms with Gasteiger partial charge in [0.15, 0.2) is 0 Å². The highest BCUT2D eigenvalue weighted by Crippen LogP contribution is 2.26. The van der Waals surface area contributed by atoms with E-state index < -0.39 is 0 Å². The highest BCUT2D eigenvalue weighted by molar-refractivity contribution is 7.98. The topological polar surface area (TPSA) is 26.0 Å². The lowest BCUT2D eigenvalue weighted by Gasteiger charge is -2.07. The van der Waals surface area contributed by atoms with Gasteiger partial charge in [-0.1, -0.05) is 41.9 Å². The summed E-state index contributed by atoms with van der Waals surface area (Å²) in [6.07, 6.45) is 0. The molecule has 0 saturated carbocycles. The molecule has 0 unspecified atom stereocenters. The number of thioether (sulfide) groups is 1. The van der Waals surface area contributed by atoms with E-state index in [0.29, 0.717) is 6.54 Å². The zero-order valence-electron chi connectivity index (χ0n) is 9.40. The Morgan fingerprint density at radius 2 is 1.71 bits per heavy atom. The molecule has 0 aliphatic rings. The van der Waals surface area contributed by atoms with Crippen LogP contribution in [0, 0.1) is 0 Å². The van der Waals surface area contributed by atoms with Crippen molar-refractivity contribution >= 4 is 23.4 Å². The first-order valence-corrected chi connectivity index (χ1v) is 6.81. The summed E-state index contributed by atoms with van der Waals surface area (Å²) in [5, 5.41) is 0.779. The Balaban J connectivity index is 2.04. The van der Waals surface area contributed by atoms with Gasteiger partial charge in [0.05, 0.1) is 0 Å². The molecule has 2 aromatic carbocycles. The fraction of sp³-hybridized carbons (Fsp3) is 0.143. The quantitative estimate of drug-likeness (QED) is 0.841. The zero-order valence-corrected chi connectivity index (χ0v) is 11.0. The lowest BCUT2D eigenvalue weighted by atomic mass is 10.2. The van der Waals surface area contributed by atoms with Crippen LogP contribution in [-0.2, 0) is 12.3 Å². The van der Waals surface area contributed by atoms with E-state index in [-0.39, 0.29) is 0 Å². The SMILES string of the molecule is NCc1ccccc1SCc1ccc(Cl)cc1. The molecule has 0 aliphatic heterocycles.